The zero-order valence-electron chi connectivity index (χ0n) is 23.4. The van der Waals surface area contributed by atoms with Gasteiger partial charge < -0.3 is 14.4 Å². The summed E-state index contributed by atoms with van der Waals surface area (Å²) >= 11 is 1.38. The van der Waals surface area contributed by atoms with Crippen LogP contribution in [0.3, 0.4) is 0 Å². The Morgan fingerprint density at radius 1 is 1.00 bits per heavy atom. The van der Waals surface area contributed by atoms with Crippen molar-refractivity contribution in [1.82, 2.24) is 24.0 Å². The third kappa shape index (κ3) is 6.25. The molecular weight excluding hydrogens is 580 g/mol. The molecular formula is C28H32N6O6S2. The Bertz CT molecular complexity index is 1630. The fourth-order valence-corrected chi connectivity index (χ4v) is 7.05. The number of aromatic nitrogens is 3. The molecule has 0 atom stereocenters. The number of carbonyl (C=O) groups is 2. The summed E-state index contributed by atoms with van der Waals surface area (Å²) in [5, 5.41) is 4.75. The molecule has 4 aromatic rings. The second-order valence-electron chi connectivity index (χ2n) is 9.37. The standard InChI is InChI=1S/C28H32N6O6S2/c1-3-39-23-7-5-8-24-25(23)30-27(41-24)34(20-17-32-14-6-13-29-32)26(35)21-9-11-22(12-10-21)42(37,38)33-18-15-31(16-19-33)28(36)40-4-2/h5-14H,3-4,15-20H2,1-2H3. The second kappa shape index (κ2) is 12.9. The summed E-state index contributed by atoms with van der Waals surface area (Å²) in [5.41, 5.74) is 1.01. The molecule has 42 heavy (non-hydrogen) atoms. The van der Waals surface area contributed by atoms with Crippen LogP contribution in [0.4, 0.5) is 9.93 Å². The molecule has 0 saturated carbocycles. The van der Waals surface area contributed by atoms with Crippen LogP contribution in [0.25, 0.3) is 10.2 Å². The van der Waals surface area contributed by atoms with Crippen LogP contribution in [0.1, 0.15) is 24.2 Å². The van der Waals surface area contributed by atoms with Crippen LogP contribution in [0.2, 0.25) is 0 Å². The summed E-state index contributed by atoms with van der Waals surface area (Å²) in [4.78, 5) is 33.7. The Balaban J connectivity index is 1.36. The minimum Gasteiger partial charge on any atom is -0.492 e. The SMILES string of the molecule is CCOC(=O)N1CCN(S(=O)(=O)c2ccc(C(=O)N(CCn3cccn3)c3nc4c(OCC)cccc4s3)cc2)CC1. The number of piperazine rings is 1. The minimum absolute atomic E-state index is 0.0769. The van der Waals surface area contributed by atoms with E-state index in [2.05, 4.69) is 5.10 Å². The van der Waals surface area contributed by atoms with Gasteiger partial charge in [0.2, 0.25) is 10.0 Å². The maximum atomic E-state index is 13.8. The lowest BCUT2D eigenvalue weighted by Crippen LogP contribution is -2.50. The molecule has 1 aliphatic rings. The van der Waals surface area contributed by atoms with E-state index in [4.69, 9.17) is 14.5 Å². The Morgan fingerprint density at radius 2 is 1.76 bits per heavy atom. The first kappa shape index (κ1) is 29.5. The zero-order chi connectivity index (χ0) is 29.7. The number of thiazole rings is 1. The quantitative estimate of drug-likeness (QED) is 0.265. The molecule has 5 rings (SSSR count). The van der Waals surface area contributed by atoms with Crippen molar-refractivity contribution in [3.63, 3.8) is 0 Å². The van der Waals surface area contributed by atoms with Crippen molar-refractivity contribution in [2.75, 3.05) is 50.8 Å². The Hall–Kier alpha value is -4.01. The van der Waals surface area contributed by atoms with Crippen LogP contribution in [0.15, 0.2) is 65.8 Å². The fraction of sp³-hybridized carbons (Fsp3) is 0.357. The number of para-hydroxylation sites is 1. The van der Waals surface area contributed by atoms with Gasteiger partial charge in [0.1, 0.15) is 11.3 Å². The molecule has 0 spiro atoms. The first-order chi connectivity index (χ1) is 20.3. The first-order valence-corrected chi connectivity index (χ1v) is 15.9. The molecule has 0 radical (unpaired) electrons. The molecule has 3 heterocycles. The summed E-state index contributed by atoms with van der Waals surface area (Å²) in [6.07, 6.45) is 3.05. The number of carbonyl (C=O) groups excluding carboxylic acids is 2. The highest BCUT2D eigenvalue weighted by Crippen LogP contribution is 2.35. The number of hydrogen-bond acceptors (Lipinski definition) is 9. The molecule has 0 bridgehead atoms. The molecule has 1 saturated heterocycles. The van der Waals surface area contributed by atoms with Crippen molar-refractivity contribution in [1.29, 1.82) is 0 Å². The number of ether oxygens (including phenoxy) is 2. The topological polar surface area (TPSA) is 127 Å². The molecule has 0 unspecified atom stereocenters. The van der Waals surface area contributed by atoms with E-state index in [0.717, 1.165) is 4.70 Å². The van der Waals surface area contributed by atoms with E-state index in [1.807, 2.05) is 37.4 Å². The van der Waals surface area contributed by atoms with E-state index in [-0.39, 0.29) is 43.6 Å². The highest BCUT2D eigenvalue weighted by atomic mass is 32.2. The van der Waals surface area contributed by atoms with Gasteiger partial charge in [-0.05, 0) is 56.3 Å². The van der Waals surface area contributed by atoms with E-state index >= 15 is 0 Å². The number of amides is 2. The van der Waals surface area contributed by atoms with Crippen LogP contribution < -0.4 is 9.64 Å². The molecule has 1 aliphatic heterocycles. The lowest BCUT2D eigenvalue weighted by atomic mass is 10.2. The summed E-state index contributed by atoms with van der Waals surface area (Å²) in [5.74, 6) is 0.334. The molecule has 12 nitrogen and oxygen atoms in total. The fourth-order valence-electron chi connectivity index (χ4n) is 4.62. The number of fused-ring (bicyclic) bond motifs is 1. The number of sulfonamides is 1. The Labute approximate surface area is 248 Å². The monoisotopic (exact) mass is 612 g/mol. The summed E-state index contributed by atoms with van der Waals surface area (Å²) in [6.45, 7) is 5.92. The van der Waals surface area contributed by atoms with Gasteiger partial charge in [-0.2, -0.15) is 9.40 Å². The molecule has 2 aromatic carbocycles. The maximum absolute atomic E-state index is 13.8. The van der Waals surface area contributed by atoms with Crippen molar-refractivity contribution in [2.24, 2.45) is 0 Å². The van der Waals surface area contributed by atoms with Gasteiger partial charge in [-0.25, -0.2) is 18.2 Å². The van der Waals surface area contributed by atoms with Gasteiger partial charge in [0.05, 0.1) is 29.4 Å². The van der Waals surface area contributed by atoms with Crippen molar-refractivity contribution >= 4 is 48.7 Å². The van der Waals surface area contributed by atoms with Crippen LogP contribution in [0.5, 0.6) is 5.75 Å². The molecule has 14 heteroatoms. The second-order valence-corrected chi connectivity index (χ2v) is 12.3. The number of nitrogens with zero attached hydrogens (tertiary/aromatic N) is 6. The van der Waals surface area contributed by atoms with Crippen LogP contribution in [-0.4, -0.2) is 90.3 Å². The number of rotatable bonds is 10. The van der Waals surface area contributed by atoms with Gasteiger partial charge in [0.15, 0.2) is 5.13 Å². The largest absolute Gasteiger partial charge is 0.492 e. The summed E-state index contributed by atoms with van der Waals surface area (Å²) in [7, 11) is -3.81. The van der Waals surface area contributed by atoms with E-state index in [0.29, 0.717) is 41.7 Å². The predicted octanol–water partition coefficient (Wildman–Crippen LogP) is 3.70. The molecule has 2 amide bonds. The number of benzene rings is 2. The van der Waals surface area contributed by atoms with E-state index < -0.39 is 16.1 Å². The van der Waals surface area contributed by atoms with Crippen molar-refractivity contribution in [3.8, 4) is 5.75 Å². The van der Waals surface area contributed by atoms with Gasteiger partial charge in [-0.3, -0.25) is 14.4 Å². The smallest absolute Gasteiger partial charge is 0.409 e. The third-order valence-electron chi connectivity index (χ3n) is 6.76. The van der Waals surface area contributed by atoms with Gasteiger partial charge in [0.25, 0.3) is 5.91 Å². The highest BCUT2D eigenvalue weighted by Gasteiger charge is 2.31. The highest BCUT2D eigenvalue weighted by molar-refractivity contribution is 7.89. The molecule has 1 fully saturated rings. The number of anilines is 1. The number of hydrogen-bond donors (Lipinski definition) is 0. The van der Waals surface area contributed by atoms with Gasteiger partial charge in [-0.15, -0.1) is 0 Å². The van der Waals surface area contributed by atoms with E-state index in [9.17, 15) is 18.0 Å². The van der Waals surface area contributed by atoms with Gasteiger partial charge in [0, 0.05) is 50.7 Å². The van der Waals surface area contributed by atoms with Crippen molar-refractivity contribution in [3.05, 3.63) is 66.5 Å². The Morgan fingerprint density at radius 3 is 2.43 bits per heavy atom. The maximum Gasteiger partial charge on any atom is 0.409 e. The van der Waals surface area contributed by atoms with Crippen LogP contribution in [-0.2, 0) is 21.3 Å². The minimum atomic E-state index is -3.81. The lowest BCUT2D eigenvalue weighted by Gasteiger charge is -2.33. The predicted molar refractivity (Wildman–Crippen MR) is 158 cm³/mol. The van der Waals surface area contributed by atoms with E-state index in [1.165, 1.54) is 44.8 Å². The van der Waals surface area contributed by atoms with Gasteiger partial charge >= 0.3 is 6.09 Å². The zero-order valence-corrected chi connectivity index (χ0v) is 25.0. The average Bonchev–Trinajstić information content (AvgIpc) is 3.68. The van der Waals surface area contributed by atoms with E-state index in [1.54, 1.807) is 22.7 Å². The summed E-state index contributed by atoms with van der Waals surface area (Å²) < 4.78 is 41.3. The van der Waals surface area contributed by atoms with Crippen molar-refractivity contribution < 1.29 is 27.5 Å². The average molecular weight is 613 g/mol. The first-order valence-electron chi connectivity index (χ1n) is 13.7. The van der Waals surface area contributed by atoms with Crippen LogP contribution >= 0.6 is 11.3 Å². The van der Waals surface area contributed by atoms with Gasteiger partial charge in [-0.1, -0.05) is 17.4 Å². The van der Waals surface area contributed by atoms with Crippen LogP contribution in [0, 0.1) is 0 Å². The molecule has 0 aliphatic carbocycles. The molecule has 222 valence electrons. The molecule has 2 aromatic heterocycles. The normalized spacial score (nSPS) is 14.2. The molecule has 0 N–H and O–H groups in total. The Kier molecular flexibility index (Phi) is 9.04. The van der Waals surface area contributed by atoms with Crippen molar-refractivity contribution in [2.45, 2.75) is 25.3 Å². The summed E-state index contributed by atoms with van der Waals surface area (Å²) in [6, 6.07) is 13.4. The lowest BCUT2D eigenvalue weighted by molar-refractivity contribution is 0.0933. The third-order valence-corrected chi connectivity index (χ3v) is 9.72.